The molecule has 0 aliphatic carbocycles. The smallest absolute Gasteiger partial charge is 0.193 e. The molecule has 0 bridgehead atoms. The molecule has 0 spiro atoms. The fourth-order valence-corrected chi connectivity index (χ4v) is 3.98. The summed E-state index contributed by atoms with van der Waals surface area (Å²) in [5.41, 5.74) is 1.32. The SMILES string of the molecule is CCc1cnc(CCNC(=NC)N2CCC(c3cnn(C)c3)C2)s1.I. The molecule has 0 saturated carbocycles. The van der Waals surface area contributed by atoms with Crippen molar-refractivity contribution in [2.45, 2.75) is 32.1 Å². The zero-order chi connectivity index (χ0) is 16.9. The zero-order valence-electron chi connectivity index (χ0n) is 15.1. The lowest BCUT2D eigenvalue weighted by atomic mass is 10.0. The minimum atomic E-state index is 0. The molecule has 1 N–H and O–H groups in total. The normalized spacial score (nSPS) is 17.6. The molecule has 2 aromatic heterocycles. The minimum Gasteiger partial charge on any atom is -0.356 e. The Morgan fingerprint density at radius 3 is 2.92 bits per heavy atom. The summed E-state index contributed by atoms with van der Waals surface area (Å²) in [5, 5.41) is 8.97. The maximum atomic E-state index is 4.48. The topological polar surface area (TPSA) is 58.3 Å². The Kier molecular flexibility index (Phi) is 7.67. The van der Waals surface area contributed by atoms with Crippen molar-refractivity contribution in [1.82, 2.24) is 25.0 Å². The van der Waals surface area contributed by atoms with Crippen molar-refractivity contribution in [2.75, 3.05) is 26.7 Å². The second-order valence-corrected chi connectivity index (χ2v) is 7.38. The number of hydrogen-bond donors (Lipinski definition) is 1. The van der Waals surface area contributed by atoms with Gasteiger partial charge in [0.25, 0.3) is 0 Å². The third kappa shape index (κ3) is 5.16. The largest absolute Gasteiger partial charge is 0.356 e. The fraction of sp³-hybridized carbons (Fsp3) is 0.588. The van der Waals surface area contributed by atoms with Crippen LogP contribution in [0, 0.1) is 0 Å². The summed E-state index contributed by atoms with van der Waals surface area (Å²) < 4.78 is 1.88. The summed E-state index contributed by atoms with van der Waals surface area (Å²) in [4.78, 5) is 12.6. The highest BCUT2D eigenvalue weighted by atomic mass is 127. The van der Waals surface area contributed by atoms with Crippen LogP contribution in [0.25, 0.3) is 0 Å². The van der Waals surface area contributed by atoms with Crippen LogP contribution in [-0.2, 0) is 19.9 Å². The molecule has 1 saturated heterocycles. The molecule has 0 aromatic carbocycles. The summed E-state index contributed by atoms with van der Waals surface area (Å²) in [6.07, 6.45) is 9.27. The van der Waals surface area contributed by atoms with Gasteiger partial charge < -0.3 is 10.2 Å². The predicted molar refractivity (Wildman–Crippen MR) is 114 cm³/mol. The monoisotopic (exact) mass is 474 g/mol. The molecule has 1 aliphatic rings. The Morgan fingerprint density at radius 2 is 2.28 bits per heavy atom. The van der Waals surface area contributed by atoms with Gasteiger partial charge in [-0.2, -0.15) is 5.10 Å². The Balaban J connectivity index is 0.00000225. The van der Waals surface area contributed by atoms with Gasteiger partial charge in [0, 0.05) is 63.3 Å². The lowest BCUT2D eigenvalue weighted by molar-refractivity contribution is 0.486. The van der Waals surface area contributed by atoms with Crippen LogP contribution in [0.15, 0.2) is 23.6 Å². The van der Waals surface area contributed by atoms with Crippen LogP contribution in [0.5, 0.6) is 0 Å². The molecule has 25 heavy (non-hydrogen) atoms. The molecule has 138 valence electrons. The molecule has 1 aliphatic heterocycles. The number of guanidine groups is 1. The van der Waals surface area contributed by atoms with Gasteiger partial charge in [-0.15, -0.1) is 35.3 Å². The molecular formula is C17H27IN6S. The number of likely N-dealkylation sites (tertiary alicyclic amines) is 1. The molecule has 1 unspecified atom stereocenters. The lowest BCUT2D eigenvalue weighted by Gasteiger charge is -2.21. The Morgan fingerprint density at radius 1 is 1.44 bits per heavy atom. The van der Waals surface area contributed by atoms with Gasteiger partial charge in [0.15, 0.2) is 5.96 Å². The first-order valence-corrected chi connectivity index (χ1v) is 9.39. The number of hydrogen-bond acceptors (Lipinski definition) is 4. The fourth-order valence-electron chi connectivity index (χ4n) is 3.12. The molecule has 1 atom stereocenters. The third-order valence-electron chi connectivity index (χ3n) is 4.47. The van der Waals surface area contributed by atoms with Crippen LogP contribution in [0.3, 0.4) is 0 Å². The van der Waals surface area contributed by atoms with Gasteiger partial charge in [-0.3, -0.25) is 9.67 Å². The number of nitrogens with one attached hydrogen (secondary N) is 1. The molecule has 0 radical (unpaired) electrons. The molecule has 6 nitrogen and oxygen atoms in total. The summed E-state index contributed by atoms with van der Waals surface area (Å²) in [7, 11) is 3.83. The van der Waals surface area contributed by atoms with Crippen molar-refractivity contribution >= 4 is 41.3 Å². The number of aliphatic imine (C=N–C) groups is 1. The quantitative estimate of drug-likeness (QED) is 0.412. The van der Waals surface area contributed by atoms with E-state index in [-0.39, 0.29) is 24.0 Å². The second kappa shape index (κ2) is 9.51. The second-order valence-electron chi connectivity index (χ2n) is 6.18. The highest BCUT2D eigenvalue weighted by Crippen LogP contribution is 2.26. The lowest BCUT2D eigenvalue weighted by Crippen LogP contribution is -2.40. The van der Waals surface area contributed by atoms with Crippen molar-refractivity contribution in [3.63, 3.8) is 0 Å². The number of nitrogens with zero attached hydrogens (tertiary/aromatic N) is 5. The van der Waals surface area contributed by atoms with Gasteiger partial charge in [0.1, 0.15) is 0 Å². The van der Waals surface area contributed by atoms with E-state index in [1.165, 1.54) is 15.4 Å². The van der Waals surface area contributed by atoms with E-state index in [4.69, 9.17) is 0 Å². The van der Waals surface area contributed by atoms with Crippen molar-refractivity contribution in [2.24, 2.45) is 12.0 Å². The minimum absolute atomic E-state index is 0. The Bertz CT molecular complexity index is 695. The number of aromatic nitrogens is 3. The number of thiazole rings is 1. The van der Waals surface area contributed by atoms with Gasteiger partial charge in [-0.25, -0.2) is 4.98 Å². The molecular weight excluding hydrogens is 447 g/mol. The molecule has 1 fully saturated rings. The van der Waals surface area contributed by atoms with Crippen LogP contribution in [0.1, 0.15) is 34.7 Å². The number of halogens is 1. The molecule has 0 amide bonds. The van der Waals surface area contributed by atoms with E-state index < -0.39 is 0 Å². The number of aryl methyl sites for hydroxylation is 2. The summed E-state index contributed by atoms with van der Waals surface area (Å²) in [6, 6.07) is 0. The average molecular weight is 474 g/mol. The summed E-state index contributed by atoms with van der Waals surface area (Å²) in [5.74, 6) is 1.54. The van der Waals surface area contributed by atoms with Crippen LogP contribution in [-0.4, -0.2) is 52.3 Å². The van der Waals surface area contributed by atoms with Gasteiger partial charge >= 0.3 is 0 Å². The van der Waals surface area contributed by atoms with Crippen molar-refractivity contribution in [1.29, 1.82) is 0 Å². The molecule has 3 heterocycles. The third-order valence-corrected chi connectivity index (χ3v) is 5.67. The van der Waals surface area contributed by atoms with Gasteiger partial charge in [0.05, 0.1) is 11.2 Å². The van der Waals surface area contributed by atoms with E-state index in [0.717, 1.165) is 44.9 Å². The van der Waals surface area contributed by atoms with Crippen LogP contribution in [0.4, 0.5) is 0 Å². The van der Waals surface area contributed by atoms with Crippen molar-refractivity contribution < 1.29 is 0 Å². The van der Waals surface area contributed by atoms with E-state index >= 15 is 0 Å². The maximum Gasteiger partial charge on any atom is 0.193 e. The van der Waals surface area contributed by atoms with E-state index in [0.29, 0.717) is 5.92 Å². The first kappa shape index (κ1) is 20.2. The molecule has 8 heteroatoms. The van der Waals surface area contributed by atoms with Gasteiger partial charge in [-0.05, 0) is 18.4 Å². The number of rotatable bonds is 5. The van der Waals surface area contributed by atoms with E-state index in [1.54, 1.807) is 0 Å². The Hall–Kier alpha value is -1.16. The zero-order valence-corrected chi connectivity index (χ0v) is 18.3. The highest BCUT2D eigenvalue weighted by molar-refractivity contribution is 14.0. The van der Waals surface area contributed by atoms with Crippen LogP contribution >= 0.6 is 35.3 Å². The van der Waals surface area contributed by atoms with E-state index in [2.05, 4.69) is 38.4 Å². The standard InChI is InChI=1S/C17H26N6S.HI/c1-4-15-10-20-16(24-15)5-7-19-17(18-2)23-8-6-13(12-23)14-9-21-22(3)11-14;/h9-11,13H,4-8,12H2,1-3H3,(H,18,19);1H. The maximum absolute atomic E-state index is 4.48. The van der Waals surface area contributed by atoms with Gasteiger partial charge in [-0.1, -0.05) is 6.92 Å². The molecule has 3 rings (SSSR count). The van der Waals surface area contributed by atoms with Crippen LogP contribution < -0.4 is 5.32 Å². The van der Waals surface area contributed by atoms with Crippen LogP contribution in [0.2, 0.25) is 0 Å². The van der Waals surface area contributed by atoms with E-state index in [1.807, 2.05) is 42.5 Å². The van der Waals surface area contributed by atoms with Gasteiger partial charge in [0.2, 0.25) is 0 Å². The van der Waals surface area contributed by atoms with Crippen molar-refractivity contribution in [3.05, 3.63) is 34.0 Å². The van der Waals surface area contributed by atoms with Crippen molar-refractivity contribution in [3.8, 4) is 0 Å². The predicted octanol–water partition coefficient (Wildman–Crippen LogP) is 2.66. The first-order valence-electron chi connectivity index (χ1n) is 8.57. The summed E-state index contributed by atoms with van der Waals surface area (Å²) >= 11 is 1.81. The summed E-state index contributed by atoms with van der Waals surface area (Å²) in [6.45, 7) is 5.08. The van der Waals surface area contributed by atoms with E-state index in [9.17, 15) is 0 Å². The average Bonchev–Trinajstić information content (AvgIpc) is 3.31. The Labute approximate surface area is 170 Å². The first-order chi connectivity index (χ1) is 11.7. The highest BCUT2D eigenvalue weighted by Gasteiger charge is 2.26. The molecule has 2 aromatic rings.